The molecule has 0 spiro atoms. The van der Waals surface area contributed by atoms with Crippen LogP contribution in [0.25, 0.3) is 0 Å². The summed E-state index contributed by atoms with van der Waals surface area (Å²) in [6.45, 7) is 7.52. The fourth-order valence-corrected chi connectivity index (χ4v) is 1.28. The summed E-state index contributed by atoms with van der Waals surface area (Å²) in [5.74, 6) is 0. The maximum Gasteiger partial charge on any atom is 0.0590 e. The van der Waals surface area contributed by atoms with E-state index in [2.05, 4.69) is 17.3 Å². The molecule has 1 aromatic rings. The first-order chi connectivity index (χ1) is 6.83. The standard InChI is InChI=1S/C10H19N3O/c1-3-14-8-6-11-10(2)9-13-7-4-5-12-13/h4-5,7,10-11H,3,6,8-9H2,1-2H3. The topological polar surface area (TPSA) is 39.1 Å². The molecule has 1 N–H and O–H groups in total. The van der Waals surface area contributed by atoms with Gasteiger partial charge in [0.1, 0.15) is 0 Å². The molecule has 1 atom stereocenters. The van der Waals surface area contributed by atoms with Crippen molar-refractivity contribution >= 4 is 0 Å². The minimum absolute atomic E-state index is 0.426. The second-order valence-corrected chi connectivity index (χ2v) is 3.28. The molecule has 0 radical (unpaired) electrons. The third-order valence-electron chi connectivity index (χ3n) is 1.96. The quantitative estimate of drug-likeness (QED) is 0.660. The molecule has 0 aromatic carbocycles. The molecular weight excluding hydrogens is 178 g/mol. The van der Waals surface area contributed by atoms with Crippen molar-refractivity contribution in [1.29, 1.82) is 0 Å². The third kappa shape index (κ3) is 4.39. The van der Waals surface area contributed by atoms with Gasteiger partial charge < -0.3 is 10.1 Å². The van der Waals surface area contributed by atoms with Gasteiger partial charge in [0, 0.05) is 31.6 Å². The van der Waals surface area contributed by atoms with Crippen LogP contribution >= 0.6 is 0 Å². The number of aromatic nitrogens is 2. The Morgan fingerprint density at radius 1 is 1.57 bits per heavy atom. The van der Waals surface area contributed by atoms with Gasteiger partial charge in [0.2, 0.25) is 0 Å². The van der Waals surface area contributed by atoms with Crippen LogP contribution in [0.15, 0.2) is 18.5 Å². The highest BCUT2D eigenvalue weighted by Gasteiger charge is 2.01. The smallest absolute Gasteiger partial charge is 0.0590 e. The van der Waals surface area contributed by atoms with Crippen molar-refractivity contribution in [1.82, 2.24) is 15.1 Å². The Balaban J connectivity index is 2.07. The van der Waals surface area contributed by atoms with Crippen LogP contribution < -0.4 is 5.32 Å². The Labute approximate surface area is 85.3 Å². The van der Waals surface area contributed by atoms with E-state index in [1.807, 2.05) is 23.9 Å². The van der Waals surface area contributed by atoms with Crippen molar-refractivity contribution in [3.05, 3.63) is 18.5 Å². The van der Waals surface area contributed by atoms with E-state index in [9.17, 15) is 0 Å². The molecule has 0 aliphatic carbocycles. The largest absolute Gasteiger partial charge is 0.380 e. The van der Waals surface area contributed by atoms with E-state index >= 15 is 0 Å². The summed E-state index contributed by atoms with van der Waals surface area (Å²) >= 11 is 0. The van der Waals surface area contributed by atoms with Crippen LogP contribution in [-0.2, 0) is 11.3 Å². The summed E-state index contributed by atoms with van der Waals surface area (Å²) < 4.78 is 7.16. The molecule has 1 heterocycles. The molecule has 0 bridgehead atoms. The van der Waals surface area contributed by atoms with Gasteiger partial charge in [-0.05, 0) is 19.9 Å². The molecule has 0 aliphatic heterocycles. The van der Waals surface area contributed by atoms with Crippen molar-refractivity contribution < 1.29 is 4.74 Å². The maximum atomic E-state index is 5.23. The highest BCUT2D eigenvalue weighted by molar-refractivity contribution is 4.78. The van der Waals surface area contributed by atoms with Gasteiger partial charge in [-0.1, -0.05) is 0 Å². The van der Waals surface area contributed by atoms with Crippen LogP contribution in [0, 0.1) is 0 Å². The summed E-state index contributed by atoms with van der Waals surface area (Å²) in [5.41, 5.74) is 0. The molecule has 80 valence electrons. The fourth-order valence-electron chi connectivity index (χ4n) is 1.28. The lowest BCUT2D eigenvalue weighted by molar-refractivity contribution is 0.146. The first-order valence-electron chi connectivity index (χ1n) is 5.11. The molecule has 1 aromatic heterocycles. The predicted octanol–water partition coefficient (Wildman–Crippen LogP) is 0.898. The molecule has 4 heteroatoms. The molecular formula is C10H19N3O. The highest BCUT2D eigenvalue weighted by atomic mass is 16.5. The van der Waals surface area contributed by atoms with Crippen molar-refractivity contribution in [2.45, 2.75) is 26.4 Å². The first kappa shape index (κ1) is 11.2. The van der Waals surface area contributed by atoms with Gasteiger partial charge in [0.05, 0.1) is 13.2 Å². The van der Waals surface area contributed by atoms with Crippen LogP contribution in [0.1, 0.15) is 13.8 Å². The summed E-state index contributed by atoms with van der Waals surface area (Å²) in [4.78, 5) is 0. The second-order valence-electron chi connectivity index (χ2n) is 3.28. The molecule has 4 nitrogen and oxygen atoms in total. The summed E-state index contributed by atoms with van der Waals surface area (Å²) in [6.07, 6.45) is 3.77. The van der Waals surface area contributed by atoms with Gasteiger partial charge in [0.15, 0.2) is 0 Å². The zero-order valence-electron chi connectivity index (χ0n) is 8.94. The van der Waals surface area contributed by atoms with E-state index in [-0.39, 0.29) is 0 Å². The van der Waals surface area contributed by atoms with Gasteiger partial charge in [-0.25, -0.2) is 0 Å². The van der Waals surface area contributed by atoms with Gasteiger partial charge in [0.25, 0.3) is 0 Å². The van der Waals surface area contributed by atoms with Gasteiger partial charge >= 0.3 is 0 Å². The van der Waals surface area contributed by atoms with Gasteiger partial charge in [-0.2, -0.15) is 5.10 Å². The first-order valence-corrected chi connectivity index (χ1v) is 5.11. The lowest BCUT2D eigenvalue weighted by Crippen LogP contribution is -2.33. The molecule has 0 saturated carbocycles. The normalized spacial score (nSPS) is 13.0. The molecule has 0 fully saturated rings. The lowest BCUT2D eigenvalue weighted by atomic mass is 10.3. The molecule has 0 amide bonds. The Kier molecular flexibility index (Phi) is 5.25. The van der Waals surface area contributed by atoms with Crippen LogP contribution in [0.4, 0.5) is 0 Å². The monoisotopic (exact) mass is 197 g/mol. The molecule has 14 heavy (non-hydrogen) atoms. The Bertz CT molecular complexity index is 223. The average Bonchev–Trinajstić information content (AvgIpc) is 2.65. The number of hydrogen-bond acceptors (Lipinski definition) is 3. The average molecular weight is 197 g/mol. The number of hydrogen-bond donors (Lipinski definition) is 1. The Morgan fingerprint density at radius 3 is 3.07 bits per heavy atom. The summed E-state index contributed by atoms with van der Waals surface area (Å²) in [6, 6.07) is 2.36. The zero-order chi connectivity index (χ0) is 10.2. The molecule has 1 unspecified atom stereocenters. The Morgan fingerprint density at radius 2 is 2.43 bits per heavy atom. The van der Waals surface area contributed by atoms with Crippen LogP contribution in [0.2, 0.25) is 0 Å². The van der Waals surface area contributed by atoms with E-state index in [0.29, 0.717) is 6.04 Å². The fraction of sp³-hybridized carbons (Fsp3) is 0.700. The number of ether oxygens (including phenoxy) is 1. The van der Waals surface area contributed by atoms with Crippen molar-refractivity contribution in [3.8, 4) is 0 Å². The zero-order valence-corrected chi connectivity index (χ0v) is 8.94. The number of nitrogens with zero attached hydrogens (tertiary/aromatic N) is 2. The molecule has 0 aliphatic rings. The van der Waals surface area contributed by atoms with Gasteiger partial charge in [-0.15, -0.1) is 0 Å². The Hall–Kier alpha value is -0.870. The second kappa shape index (κ2) is 6.56. The van der Waals surface area contributed by atoms with Crippen LogP contribution in [0.5, 0.6) is 0 Å². The maximum absolute atomic E-state index is 5.23. The number of rotatable bonds is 7. The van der Waals surface area contributed by atoms with Crippen LogP contribution in [-0.4, -0.2) is 35.6 Å². The minimum atomic E-state index is 0.426. The predicted molar refractivity (Wildman–Crippen MR) is 56.2 cm³/mol. The lowest BCUT2D eigenvalue weighted by Gasteiger charge is -2.13. The summed E-state index contributed by atoms with van der Waals surface area (Å²) in [5, 5.41) is 7.52. The van der Waals surface area contributed by atoms with Crippen molar-refractivity contribution in [2.24, 2.45) is 0 Å². The highest BCUT2D eigenvalue weighted by Crippen LogP contribution is 1.89. The van der Waals surface area contributed by atoms with E-state index in [4.69, 9.17) is 4.74 Å². The van der Waals surface area contributed by atoms with Crippen molar-refractivity contribution in [2.75, 3.05) is 19.8 Å². The summed E-state index contributed by atoms with van der Waals surface area (Å²) in [7, 11) is 0. The van der Waals surface area contributed by atoms with E-state index < -0.39 is 0 Å². The SMILES string of the molecule is CCOCCNC(C)Cn1cccn1. The minimum Gasteiger partial charge on any atom is -0.380 e. The van der Waals surface area contributed by atoms with Gasteiger partial charge in [-0.3, -0.25) is 4.68 Å². The van der Waals surface area contributed by atoms with E-state index in [1.54, 1.807) is 6.20 Å². The van der Waals surface area contributed by atoms with Crippen molar-refractivity contribution in [3.63, 3.8) is 0 Å². The van der Waals surface area contributed by atoms with E-state index in [0.717, 1.165) is 26.3 Å². The van der Waals surface area contributed by atoms with Crippen LogP contribution in [0.3, 0.4) is 0 Å². The number of nitrogens with one attached hydrogen (secondary N) is 1. The molecule has 1 rings (SSSR count). The van der Waals surface area contributed by atoms with E-state index in [1.165, 1.54) is 0 Å². The third-order valence-corrected chi connectivity index (χ3v) is 1.96. The molecule has 0 saturated heterocycles.